The van der Waals surface area contributed by atoms with Crippen LogP contribution in [0.15, 0.2) is 52.6 Å². The Bertz CT molecular complexity index is 1110. The van der Waals surface area contributed by atoms with Crippen LogP contribution < -0.4 is 16.5 Å². The highest BCUT2D eigenvalue weighted by atomic mass is 32.1. The maximum Gasteiger partial charge on any atom is 0.350 e. The van der Waals surface area contributed by atoms with E-state index in [0.717, 1.165) is 37.3 Å². The van der Waals surface area contributed by atoms with Crippen molar-refractivity contribution in [1.29, 1.82) is 0 Å². The lowest BCUT2D eigenvalue weighted by molar-refractivity contribution is -0.134. The van der Waals surface area contributed by atoms with E-state index in [0.29, 0.717) is 6.54 Å². The second kappa shape index (κ2) is 8.41. The maximum atomic E-state index is 13.3. The number of rotatable bonds is 4. The molecule has 1 amide bonds. The van der Waals surface area contributed by atoms with Gasteiger partial charge in [0.25, 0.3) is 0 Å². The number of piperidine rings is 1. The van der Waals surface area contributed by atoms with Crippen LogP contribution in [0.2, 0.25) is 0 Å². The quantitative estimate of drug-likeness (QED) is 0.651. The van der Waals surface area contributed by atoms with Gasteiger partial charge in [-0.3, -0.25) is 4.79 Å². The van der Waals surface area contributed by atoms with Crippen LogP contribution in [0.3, 0.4) is 0 Å². The standard InChI is InChI=1S/C22H26N6O2S/c1-26-22(30)28(16-8-3-2-4-9-16)20(25-26)15-7-5-11-27(14-15)21(29)18-13-17(23-24-18)19-10-6-12-31-19/h2-4,6,8-10,12,15,17-18,23-24H,5,7,11,13-14H2,1H3. The molecule has 2 saturated heterocycles. The average molecular weight is 439 g/mol. The average Bonchev–Trinajstić information content (AvgIpc) is 3.55. The molecule has 31 heavy (non-hydrogen) atoms. The Morgan fingerprint density at radius 3 is 2.77 bits per heavy atom. The van der Waals surface area contributed by atoms with Gasteiger partial charge in [-0.1, -0.05) is 24.3 Å². The SMILES string of the molecule is Cn1nc(C2CCCN(C(=O)C3CC(c4cccs4)NN3)C2)n(-c2ccccc2)c1=O. The van der Waals surface area contributed by atoms with Crippen molar-refractivity contribution in [2.45, 2.75) is 37.3 Å². The van der Waals surface area contributed by atoms with E-state index in [1.54, 1.807) is 23.0 Å². The normalized spacial score (nSPS) is 23.9. The summed E-state index contributed by atoms with van der Waals surface area (Å²) in [7, 11) is 1.68. The molecule has 2 aliphatic rings. The third-order valence-corrected chi connectivity index (χ3v) is 7.14. The van der Waals surface area contributed by atoms with Crippen molar-refractivity contribution >= 4 is 17.2 Å². The Morgan fingerprint density at radius 2 is 2.00 bits per heavy atom. The van der Waals surface area contributed by atoms with Crippen molar-refractivity contribution in [3.05, 3.63) is 69.0 Å². The number of para-hydroxylation sites is 1. The maximum absolute atomic E-state index is 13.3. The minimum atomic E-state index is -0.245. The molecular weight excluding hydrogens is 412 g/mol. The van der Waals surface area contributed by atoms with Crippen molar-refractivity contribution < 1.29 is 4.79 Å². The molecule has 162 valence electrons. The molecule has 0 radical (unpaired) electrons. The van der Waals surface area contributed by atoms with Crippen LogP contribution in [-0.2, 0) is 11.8 Å². The summed E-state index contributed by atoms with van der Waals surface area (Å²) < 4.78 is 3.07. The monoisotopic (exact) mass is 438 g/mol. The molecule has 5 rings (SSSR count). The molecule has 3 unspecified atom stereocenters. The summed E-state index contributed by atoms with van der Waals surface area (Å²) in [6.45, 7) is 1.31. The number of carbonyl (C=O) groups excluding carboxylic acids is 1. The van der Waals surface area contributed by atoms with E-state index in [1.165, 1.54) is 9.56 Å². The Labute approximate surface area is 184 Å². The fraction of sp³-hybridized carbons (Fsp3) is 0.409. The van der Waals surface area contributed by atoms with E-state index in [4.69, 9.17) is 0 Å². The number of nitrogens with zero attached hydrogens (tertiary/aromatic N) is 4. The molecule has 9 heteroatoms. The van der Waals surface area contributed by atoms with Crippen LogP contribution in [0.25, 0.3) is 5.69 Å². The highest BCUT2D eigenvalue weighted by Crippen LogP contribution is 2.30. The van der Waals surface area contributed by atoms with E-state index in [-0.39, 0.29) is 29.6 Å². The molecular formula is C22H26N6O2S. The Morgan fingerprint density at radius 1 is 1.16 bits per heavy atom. The first kappa shape index (κ1) is 20.2. The number of benzene rings is 1. The highest BCUT2D eigenvalue weighted by molar-refractivity contribution is 7.10. The molecule has 3 aromatic rings. The van der Waals surface area contributed by atoms with Gasteiger partial charge in [-0.25, -0.2) is 24.9 Å². The summed E-state index contributed by atoms with van der Waals surface area (Å²) in [5.41, 5.74) is 7.10. The number of aromatic nitrogens is 3. The molecule has 2 aromatic heterocycles. The molecule has 0 spiro atoms. The predicted octanol–water partition coefficient (Wildman–Crippen LogP) is 1.95. The number of thiophene rings is 1. The zero-order chi connectivity index (χ0) is 21.4. The lowest BCUT2D eigenvalue weighted by Crippen LogP contribution is -2.49. The summed E-state index contributed by atoms with van der Waals surface area (Å²) in [4.78, 5) is 29.2. The van der Waals surface area contributed by atoms with Crippen LogP contribution in [0.4, 0.5) is 0 Å². The highest BCUT2D eigenvalue weighted by Gasteiger charge is 2.36. The zero-order valence-electron chi connectivity index (χ0n) is 17.4. The molecule has 2 N–H and O–H groups in total. The van der Waals surface area contributed by atoms with E-state index in [1.807, 2.05) is 41.3 Å². The van der Waals surface area contributed by atoms with Gasteiger partial charge < -0.3 is 4.90 Å². The Kier molecular flexibility index (Phi) is 5.47. The smallest absolute Gasteiger partial charge is 0.341 e. The van der Waals surface area contributed by atoms with Gasteiger partial charge in [0.15, 0.2) is 0 Å². The molecule has 0 saturated carbocycles. The Hall–Kier alpha value is -2.75. The summed E-state index contributed by atoms with van der Waals surface area (Å²) in [5.74, 6) is 0.861. The fourth-order valence-electron chi connectivity index (χ4n) is 4.57. The number of nitrogens with one attached hydrogen (secondary N) is 2. The third-order valence-electron chi connectivity index (χ3n) is 6.15. The van der Waals surface area contributed by atoms with Crippen molar-refractivity contribution in [2.75, 3.05) is 13.1 Å². The van der Waals surface area contributed by atoms with E-state index in [2.05, 4.69) is 27.4 Å². The van der Waals surface area contributed by atoms with E-state index < -0.39 is 0 Å². The summed E-state index contributed by atoms with van der Waals surface area (Å²) >= 11 is 1.70. The second-order valence-corrected chi connectivity index (χ2v) is 9.18. The molecule has 0 bridgehead atoms. The molecule has 1 aromatic carbocycles. The van der Waals surface area contributed by atoms with Gasteiger partial charge in [-0.05, 0) is 42.8 Å². The topological polar surface area (TPSA) is 84.2 Å². The molecule has 2 aliphatic heterocycles. The number of carbonyl (C=O) groups is 1. The first-order valence-electron chi connectivity index (χ1n) is 10.7. The van der Waals surface area contributed by atoms with Crippen molar-refractivity contribution in [3.8, 4) is 5.69 Å². The number of hydrogen-bond donors (Lipinski definition) is 2. The van der Waals surface area contributed by atoms with Crippen molar-refractivity contribution in [2.24, 2.45) is 7.05 Å². The first-order chi connectivity index (χ1) is 15.1. The van der Waals surface area contributed by atoms with Crippen LogP contribution >= 0.6 is 11.3 Å². The zero-order valence-corrected chi connectivity index (χ0v) is 18.2. The molecule has 8 nitrogen and oxygen atoms in total. The minimum Gasteiger partial charge on any atom is -0.341 e. The van der Waals surface area contributed by atoms with E-state index >= 15 is 0 Å². The number of likely N-dealkylation sites (tertiary alicyclic amines) is 1. The van der Waals surface area contributed by atoms with Crippen molar-refractivity contribution in [3.63, 3.8) is 0 Å². The Balaban J connectivity index is 1.34. The van der Waals surface area contributed by atoms with E-state index in [9.17, 15) is 9.59 Å². The molecule has 4 heterocycles. The fourth-order valence-corrected chi connectivity index (χ4v) is 5.36. The third kappa shape index (κ3) is 3.84. The van der Waals surface area contributed by atoms with Gasteiger partial charge in [0, 0.05) is 30.9 Å². The number of aryl methyl sites for hydroxylation is 1. The largest absolute Gasteiger partial charge is 0.350 e. The first-order valence-corrected chi connectivity index (χ1v) is 11.5. The summed E-state index contributed by atoms with van der Waals surface area (Å²) in [6, 6.07) is 13.6. The predicted molar refractivity (Wildman–Crippen MR) is 119 cm³/mol. The molecule has 0 aliphatic carbocycles. The van der Waals surface area contributed by atoms with Gasteiger partial charge in [-0.15, -0.1) is 11.3 Å². The van der Waals surface area contributed by atoms with Gasteiger partial charge in [-0.2, -0.15) is 5.10 Å². The van der Waals surface area contributed by atoms with Gasteiger partial charge in [0.2, 0.25) is 5.91 Å². The van der Waals surface area contributed by atoms with Crippen LogP contribution in [0.5, 0.6) is 0 Å². The number of hydrogen-bond acceptors (Lipinski definition) is 6. The summed E-state index contributed by atoms with van der Waals surface area (Å²) in [6.07, 6.45) is 2.53. The van der Waals surface area contributed by atoms with Crippen LogP contribution in [-0.4, -0.2) is 44.3 Å². The second-order valence-electron chi connectivity index (χ2n) is 8.20. The van der Waals surface area contributed by atoms with Gasteiger partial charge >= 0.3 is 5.69 Å². The minimum absolute atomic E-state index is 0.0225. The van der Waals surface area contributed by atoms with Crippen LogP contribution in [0, 0.1) is 0 Å². The lowest BCUT2D eigenvalue weighted by Gasteiger charge is -2.33. The van der Waals surface area contributed by atoms with Gasteiger partial charge in [0.05, 0.1) is 11.7 Å². The lowest BCUT2D eigenvalue weighted by atomic mass is 9.96. The number of hydrazine groups is 1. The van der Waals surface area contributed by atoms with Crippen LogP contribution in [0.1, 0.15) is 41.9 Å². The van der Waals surface area contributed by atoms with Crippen molar-refractivity contribution in [1.82, 2.24) is 30.1 Å². The number of amides is 1. The summed E-state index contributed by atoms with van der Waals surface area (Å²) in [5, 5.41) is 6.61. The molecule has 2 fully saturated rings. The van der Waals surface area contributed by atoms with Gasteiger partial charge in [0.1, 0.15) is 11.9 Å². The molecule has 3 atom stereocenters.